The van der Waals surface area contributed by atoms with Crippen LogP contribution in [0, 0.1) is 0 Å². The molecular weight excluding hydrogens is 186 g/mol. The molecule has 0 bridgehead atoms. The summed E-state index contributed by atoms with van der Waals surface area (Å²) >= 11 is 0. The summed E-state index contributed by atoms with van der Waals surface area (Å²) in [5.74, 6) is -2.21. The van der Waals surface area contributed by atoms with Crippen LogP contribution in [0.25, 0.3) is 0 Å². The first-order valence-corrected chi connectivity index (χ1v) is 4.16. The molecule has 0 aromatic carbocycles. The molecular formula is C9H11NO4. The molecule has 0 aromatic rings. The second-order valence-electron chi connectivity index (χ2n) is 3.24. The third-order valence-electron chi connectivity index (χ3n) is 2.39. The molecule has 14 heavy (non-hydrogen) atoms. The van der Waals surface area contributed by atoms with Gasteiger partial charge >= 0.3 is 5.97 Å². The average Bonchev–Trinajstić information content (AvgIpc) is 2.30. The third-order valence-corrected chi connectivity index (χ3v) is 2.39. The maximum atomic E-state index is 11.5. The molecule has 0 spiro atoms. The summed E-state index contributed by atoms with van der Waals surface area (Å²) in [6.45, 7) is 4.35. The van der Waals surface area contributed by atoms with E-state index in [1.807, 2.05) is 0 Å². The van der Waals surface area contributed by atoms with Crippen LogP contribution in [0.1, 0.15) is 20.8 Å². The molecule has 5 heteroatoms. The molecule has 0 saturated heterocycles. The number of aliphatic carboxylic acids is 1. The molecule has 1 unspecified atom stereocenters. The van der Waals surface area contributed by atoms with Gasteiger partial charge in [-0.1, -0.05) is 0 Å². The molecule has 76 valence electrons. The molecule has 0 radical (unpaired) electrons. The minimum atomic E-state index is -1.19. The third kappa shape index (κ3) is 1.30. The van der Waals surface area contributed by atoms with Crippen LogP contribution in [-0.2, 0) is 14.4 Å². The largest absolute Gasteiger partial charge is 0.480 e. The Hall–Kier alpha value is -1.65. The lowest BCUT2D eigenvalue weighted by atomic mass is 10.2. The molecule has 0 aromatic heterocycles. The normalized spacial score (nSPS) is 19.2. The number of carbonyl (C=O) groups is 3. The number of rotatable bonds is 2. The molecule has 1 heterocycles. The Morgan fingerprint density at radius 1 is 1.21 bits per heavy atom. The minimum Gasteiger partial charge on any atom is -0.480 e. The second-order valence-corrected chi connectivity index (χ2v) is 3.24. The highest BCUT2D eigenvalue weighted by Gasteiger charge is 2.39. The van der Waals surface area contributed by atoms with Gasteiger partial charge in [0.1, 0.15) is 6.04 Å². The summed E-state index contributed by atoms with van der Waals surface area (Å²) in [7, 11) is 0. The number of hydrogen-bond acceptors (Lipinski definition) is 3. The highest BCUT2D eigenvalue weighted by Crippen LogP contribution is 2.21. The molecule has 0 saturated carbocycles. The van der Waals surface area contributed by atoms with Crippen LogP contribution < -0.4 is 0 Å². The maximum absolute atomic E-state index is 11.5. The lowest BCUT2D eigenvalue weighted by molar-refractivity contribution is -0.152. The van der Waals surface area contributed by atoms with Gasteiger partial charge in [-0.15, -0.1) is 0 Å². The van der Waals surface area contributed by atoms with Crippen molar-refractivity contribution in [3.05, 3.63) is 11.1 Å². The van der Waals surface area contributed by atoms with E-state index in [9.17, 15) is 14.4 Å². The highest BCUT2D eigenvalue weighted by atomic mass is 16.4. The summed E-state index contributed by atoms with van der Waals surface area (Å²) in [5, 5.41) is 8.69. The summed E-state index contributed by atoms with van der Waals surface area (Å²) in [5.41, 5.74) is 0.645. The van der Waals surface area contributed by atoms with E-state index in [2.05, 4.69) is 0 Å². The SMILES string of the molecule is CC1=C(C)C(=O)N(C(C)C(=O)O)C1=O. The van der Waals surface area contributed by atoms with Crippen molar-refractivity contribution in [2.45, 2.75) is 26.8 Å². The van der Waals surface area contributed by atoms with Crippen molar-refractivity contribution < 1.29 is 19.5 Å². The molecule has 2 amide bonds. The van der Waals surface area contributed by atoms with Crippen molar-refractivity contribution in [2.24, 2.45) is 0 Å². The Morgan fingerprint density at radius 2 is 1.57 bits per heavy atom. The first-order chi connectivity index (χ1) is 6.37. The van der Waals surface area contributed by atoms with Gasteiger partial charge in [-0.2, -0.15) is 0 Å². The van der Waals surface area contributed by atoms with Crippen LogP contribution in [0.2, 0.25) is 0 Å². The van der Waals surface area contributed by atoms with Crippen molar-refractivity contribution in [3.8, 4) is 0 Å². The number of carboxylic acids is 1. The zero-order valence-electron chi connectivity index (χ0n) is 8.20. The van der Waals surface area contributed by atoms with E-state index in [-0.39, 0.29) is 0 Å². The van der Waals surface area contributed by atoms with Gasteiger partial charge in [-0.05, 0) is 20.8 Å². The first kappa shape index (κ1) is 10.4. The van der Waals surface area contributed by atoms with Crippen LogP contribution in [0.5, 0.6) is 0 Å². The maximum Gasteiger partial charge on any atom is 0.326 e. The van der Waals surface area contributed by atoms with Crippen molar-refractivity contribution in [1.29, 1.82) is 0 Å². The Balaban J connectivity index is 3.04. The quantitative estimate of drug-likeness (QED) is 0.640. The number of imide groups is 1. The number of carbonyl (C=O) groups excluding carboxylic acids is 2. The van der Waals surface area contributed by atoms with E-state index < -0.39 is 23.8 Å². The topological polar surface area (TPSA) is 74.7 Å². The van der Waals surface area contributed by atoms with Crippen LogP contribution in [-0.4, -0.2) is 33.8 Å². The van der Waals surface area contributed by atoms with Gasteiger partial charge in [0.15, 0.2) is 0 Å². The van der Waals surface area contributed by atoms with E-state index in [1.54, 1.807) is 0 Å². The Morgan fingerprint density at radius 3 is 1.86 bits per heavy atom. The standard InChI is InChI=1S/C9H11NO4/c1-4-5(2)8(12)10(7(4)11)6(3)9(13)14/h6H,1-3H3,(H,13,14). The fraction of sp³-hybridized carbons (Fsp3) is 0.444. The predicted octanol–water partition coefficient (Wildman–Crippen LogP) is 0.165. The van der Waals surface area contributed by atoms with E-state index in [0.717, 1.165) is 4.90 Å². The molecule has 1 aliphatic heterocycles. The molecule has 1 N–H and O–H groups in total. The first-order valence-electron chi connectivity index (χ1n) is 4.16. The summed E-state index contributed by atoms with van der Waals surface area (Å²) in [6, 6.07) is -1.11. The van der Waals surface area contributed by atoms with E-state index in [1.165, 1.54) is 20.8 Å². The summed E-state index contributed by atoms with van der Waals surface area (Å²) < 4.78 is 0. The minimum absolute atomic E-state index is 0.322. The lowest BCUT2D eigenvalue weighted by Gasteiger charge is -2.18. The van der Waals surface area contributed by atoms with E-state index in [4.69, 9.17) is 5.11 Å². The average molecular weight is 197 g/mol. The van der Waals surface area contributed by atoms with Crippen LogP contribution >= 0.6 is 0 Å². The van der Waals surface area contributed by atoms with E-state index in [0.29, 0.717) is 11.1 Å². The number of nitrogens with zero attached hydrogens (tertiary/aromatic N) is 1. The van der Waals surface area contributed by atoms with E-state index >= 15 is 0 Å². The monoisotopic (exact) mass is 197 g/mol. The van der Waals surface area contributed by atoms with Gasteiger partial charge in [0.05, 0.1) is 0 Å². The highest BCUT2D eigenvalue weighted by molar-refractivity contribution is 6.20. The van der Waals surface area contributed by atoms with Crippen LogP contribution in [0.4, 0.5) is 0 Å². The second kappa shape index (κ2) is 3.25. The van der Waals surface area contributed by atoms with Crippen molar-refractivity contribution in [3.63, 3.8) is 0 Å². The molecule has 1 rings (SSSR count). The van der Waals surface area contributed by atoms with Gasteiger partial charge in [0.2, 0.25) is 0 Å². The smallest absolute Gasteiger partial charge is 0.326 e. The molecule has 5 nitrogen and oxygen atoms in total. The number of carboxylic acid groups (broad SMARTS) is 1. The van der Waals surface area contributed by atoms with Crippen LogP contribution in [0.15, 0.2) is 11.1 Å². The van der Waals surface area contributed by atoms with Gasteiger partial charge in [-0.3, -0.25) is 14.5 Å². The molecule has 0 aliphatic carbocycles. The summed E-state index contributed by atoms with van der Waals surface area (Å²) in [6.07, 6.45) is 0. The summed E-state index contributed by atoms with van der Waals surface area (Å²) in [4.78, 5) is 34.3. The molecule has 1 aliphatic rings. The van der Waals surface area contributed by atoms with Gasteiger partial charge in [-0.25, -0.2) is 4.79 Å². The number of hydrogen-bond donors (Lipinski definition) is 1. The van der Waals surface area contributed by atoms with Crippen molar-refractivity contribution in [2.75, 3.05) is 0 Å². The molecule has 1 atom stereocenters. The number of amides is 2. The van der Waals surface area contributed by atoms with Crippen molar-refractivity contribution >= 4 is 17.8 Å². The Bertz CT molecular complexity index is 332. The fourth-order valence-corrected chi connectivity index (χ4v) is 1.24. The van der Waals surface area contributed by atoms with Crippen LogP contribution in [0.3, 0.4) is 0 Å². The fourth-order valence-electron chi connectivity index (χ4n) is 1.24. The van der Waals surface area contributed by atoms with Crippen molar-refractivity contribution in [1.82, 2.24) is 4.90 Å². The lowest BCUT2D eigenvalue weighted by Crippen LogP contribution is -2.43. The zero-order valence-corrected chi connectivity index (χ0v) is 8.20. The Labute approximate surface area is 81.0 Å². The van der Waals surface area contributed by atoms with Gasteiger partial charge < -0.3 is 5.11 Å². The van der Waals surface area contributed by atoms with Gasteiger partial charge in [0, 0.05) is 11.1 Å². The molecule has 0 fully saturated rings. The predicted molar refractivity (Wildman–Crippen MR) is 47.3 cm³/mol. The van der Waals surface area contributed by atoms with Gasteiger partial charge in [0.25, 0.3) is 11.8 Å². The zero-order chi connectivity index (χ0) is 11.0. The Kier molecular flexibility index (Phi) is 2.42.